The number of benzene rings is 1. The van der Waals surface area contributed by atoms with Gasteiger partial charge in [0.15, 0.2) is 0 Å². The lowest BCUT2D eigenvalue weighted by atomic mass is 9.92. The number of rotatable bonds is 5. The minimum atomic E-state index is -0.502. The Morgan fingerprint density at radius 3 is 2.61 bits per heavy atom. The summed E-state index contributed by atoms with van der Waals surface area (Å²) in [7, 11) is 0. The first-order valence-electron chi connectivity index (χ1n) is 6.47. The maximum atomic E-state index is 10.4. The van der Waals surface area contributed by atoms with Gasteiger partial charge in [-0.15, -0.1) is 0 Å². The molecule has 0 aliphatic rings. The van der Waals surface area contributed by atoms with Crippen LogP contribution in [0.25, 0.3) is 0 Å². The predicted molar refractivity (Wildman–Crippen MR) is 72.3 cm³/mol. The summed E-state index contributed by atoms with van der Waals surface area (Å²) in [6.45, 7) is 5.05. The summed E-state index contributed by atoms with van der Waals surface area (Å²) in [5, 5.41) is 14.6. The minimum absolute atomic E-state index is 0.0745. The van der Waals surface area contributed by atoms with Gasteiger partial charge in [0.2, 0.25) is 0 Å². The summed E-state index contributed by atoms with van der Waals surface area (Å²) in [6, 6.07) is 10.1. The van der Waals surface area contributed by atoms with E-state index >= 15 is 0 Å². The first-order chi connectivity index (χ1) is 8.72. The minimum Gasteiger partial charge on any atom is -0.388 e. The molecule has 2 unspecified atom stereocenters. The molecule has 0 radical (unpaired) electrons. The van der Waals surface area contributed by atoms with Gasteiger partial charge >= 0.3 is 0 Å². The molecule has 0 amide bonds. The quantitative estimate of drug-likeness (QED) is 0.877. The van der Waals surface area contributed by atoms with Gasteiger partial charge in [0, 0.05) is 24.2 Å². The van der Waals surface area contributed by atoms with E-state index in [2.05, 4.69) is 12.0 Å². The third-order valence-electron chi connectivity index (χ3n) is 3.25. The smallest absolute Gasteiger partial charge is 0.0886 e. The van der Waals surface area contributed by atoms with E-state index in [-0.39, 0.29) is 5.92 Å². The zero-order valence-corrected chi connectivity index (χ0v) is 11.0. The molecule has 2 atom stereocenters. The molecule has 18 heavy (non-hydrogen) atoms. The standard InChI is InChI=1S/C15H20N2O/c1-3-9-17-11-14(10-16-17)15(18)12(2)13-7-5-4-6-8-13/h4-8,10-12,15,18H,3,9H2,1-2H3. The van der Waals surface area contributed by atoms with Gasteiger partial charge in [0.25, 0.3) is 0 Å². The van der Waals surface area contributed by atoms with Crippen LogP contribution in [0, 0.1) is 0 Å². The molecule has 0 spiro atoms. The van der Waals surface area contributed by atoms with Crippen LogP contribution >= 0.6 is 0 Å². The lowest BCUT2D eigenvalue weighted by Gasteiger charge is -2.17. The maximum absolute atomic E-state index is 10.4. The molecule has 1 heterocycles. The summed E-state index contributed by atoms with van der Waals surface area (Å²) in [5.74, 6) is 0.0745. The topological polar surface area (TPSA) is 38.0 Å². The Balaban J connectivity index is 2.12. The highest BCUT2D eigenvalue weighted by Crippen LogP contribution is 2.29. The van der Waals surface area contributed by atoms with E-state index < -0.39 is 6.10 Å². The number of nitrogens with zero attached hydrogens (tertiary/aromatic N) is 2. The van der Waals surface area contributed by atoms with Crippen LogP contribution in [0.5, 0.6) is 0 Å². The van der Waals surface area contributed by atoms with Gasteiger partial charge in [-0.2, -0.15) is 5.10 Å². The first kappa shape index (κ1) is 12.8. The first-order valence-corrected chi connectivity index (χ1v) is 6.47. The molecule has 96 valence electrons. The van der Waals surface area contributed by atoms with E-state index in [0.717, 1.165) is 24.1 Å². The average molecular weight is 244 g/mol. The van der Waals surface area contributed by atoms with Crippen LogP contribution in [0.1, 0.15) is 43.4 Å². The molecule has 0 aliphatic carbocycles. The van der Waals surface area contributed by atoms with Crippen molar-refractivity contribution in [3.8, 4) is 0 Å². The van der Waals surface area contributed by atoms with Gasteiger partial charge in [-0.05, 0) is 12.0 Å². The second kappa shape index (κ2) is 5.83. The second-order valence-electron chi connectivity index (χ2n) is 4.68. The van der Waals surface area contributed by atoms with Crippen molar-refractivity contribution in [1.82, 2.24) is 9.78 Å². The van der Waals surface area contributed by atoms with Crippen LogP contribution in [0.3, 0.4) is 0 Å². The Morgan fingerprint density at radius 2 is 1.94 bits per heavy atom. The number of aliphatic hydroxyl groups excluding tert-OH is 1. The van der Waals surface area contributed by atoms with Crippen LogP contribution in [-0.4, -0.2) is 14.9 Å². The average Bonchev–Trinajstić information content (AvgIpc) is 2.87. The normalized spacial score (nSPS) is 14.4. The molecule has 2 rings (SSSR count). The van der Waals surface area contributed by atoms with E-state index in [9.17, 15) is 5.11 Å². The summed E-state index contributed by atoms with van der Waals surface area (Å²) < 4.78 is 1.89. The van der Waals surface area contributed by atoms with Crippen molar-refractivity contribution < 1.29 is 5.11 Å². The predicted octanol–water partition coefficient (Wildman–Crippen LogP) is 3.13. The molecule has 1 aromatic heterocycles. The molecule has 0 fully saturated rings. The molecule has 3 heteroatoms. The lowest BCUT2D eigenvalue weighted by molar-refractivity contribution is 0.151. The molecule has 0 saturated carbocycles. The summed E-state index contributed by atoms with van der Waals surface area (Å²) in [6.07, 6.45) is 4.25. The van der Waals surface area contributed by atoms with Gasteiger partial charge in [0.05, 0.1) is 12.3 Å². The van der Waals surface area contributed by atoms with Crippen molar-refractivity contribution in [2.75, 3.05) is 0 Å². The fourth-order valence-corrected chi connectivity index (χ4v) is 2.11. The largest absolute Gasteiger partial charge is 0.388 e. The monoisotopic (exact) mass is 244 g/mol. The Morgan fingerprint density at radius 1 is 1.22 bits per heavy atom. The molecular weight excluding hydrogens is 224 g/mol. The van der Waals surface area contributed by atoms with E-state index in [1.807, 2.05) is 48.1 Å². The zero-order chi connectivity index (χ0) is 13.0. The highest BCUT2D eigenvalue weighted by atomic mass is 16.3. The second-order valence-corrected chi connectivity index (χ2v) is 4.68. The fraction of sp³-hybridized carbons (Fsp3) is 0.400. The van der Waals surface area contributed by atoms with Gasteiger partial charge in [-0.25, -0.2) is 0 Å². The molecule has 2 aromatic rings. The SMILES string of the molecule is CCCn1cc(C(O)C(C)c2ccccc2)cn1. The number of aliphatic hydroxyl groups is 1. The molecule has 1 aromatic carbocycles. The Labute approximate surface area is 108 Å². The molecule has 0 aliphatic heterocycles. The van der Waals surface area contributed by atoms with Crippen molar-refractivity contribution >= 4 is 0 Å². The molecular formula is C15H20N2O. The molecule has 1 N–H and O–H groups in total. The molecule has 3 nitrogen and oxygen atoms in total. The van der Waals surface area contributed by atoms with Gasteiger partial charge in [-0.3, -0.25) is 4.68 Å². The molecule has 0 bridgehead atoms. The number of aryl methyl sites for hydroxylation is 1. The van der Waals surface area contributed by atoms with Gasteiger partial charge in [-0.1, -0.05) is 44.2 Å². The molecule has 0 saturated heterocycles. The van der Waals surface area contributed by atoms with Crippen molar-refractivity contribution in [2.24, 2.45) is 0 Å². The third kappa shape index (κ3) is 2.79. The van der Waals surface area contributed by atoms with E-state index in [4.69, 9.17) is 0 Å². The number of hydrogen-bond acceptors (Lipinski definition) is 2. The fourth-order valence-electron chi connectivity index (χ4n) is 2.11. The van der Waals surface area contributed by atoms with E-state index in [0.29, 0.717) is 0 Å². The van der Waals surface area contributed by atoms with E-state index in [1.165, 1.54) is 0 Å². The van der Waals surface area contributed by atoms with Crippen molar-refractivity contribution in [3.63, 3.8) is 0 Å². The van der Waals surface area contributed by atoms with Crippen molar-refractivity contribution in [3.05, 3.63) is 53.9 Å². The maximum Gasteiger partial charge on any atom is 0.0886 e. The highest BCUT2D eigenvalue weighted by molar-refractivity contribution is 5.23. The Bertz CT molecular complexity index is 478. The van der Waals surface area contributed by atoms with Crippen LogP contribution < -0.4 is 0 Å². The van der Waals surface area contributed by atoms with Crippen molar-refractivity contribution in [1.29, 1.82) is 0 Å². The number of hydrogen-bond donors (Lipinski definition) is 1. The third-order valence-corrected chi connectivity index (χ3v) is 3.25. The van der Waals surface area contributed by atoms with E-state index in [1.54, 1.807) is 6.20 Å². The van der Waals surface area contributed by atoms with Gasteiger partial charge in [0.1, 0.15) is 0 Å². The Kier molecular flexibility index (Phi) is 4.15. The summed E-state index contributed by atoms with van der Waals surface area (Å²) in [4.78, 5) is 0. The Hall–Kier alpha value is -1.61. The van der Waals surface area contributed by atoms with Crippen LogP contribution in [-0.2, 0) is 6.54 Å². The zero-order valence-electron chi connectivity index (χ0n) is 11.0. The van der Waals surface area contributed by atoms with Crippen LogP contribution in [0.4, 0.5) is 0 Å². The van der Waals surface area contributed by atoms with Crippen molar-refractivity contribution in [2.45, 2.75) is 38.8 Å². The summed E-state index contributed by atoms with van der Waals surface area (Å²) >= 11 is 0. The lowest BCUT2D eigenvalue weighted by Crippen LogP contribution is -2.07. The highest BCUT2D eigenvalue weighted by Gasteiger charge is 2.19. The van der Waals surface area contributed by atoms with Gasteiger partial charge < -0.3 is 5.11 Å². The summed E-state index contributed by atoms with van der Waals surface area (Å²) in [5.41, 5.74) is 2.04. The number of aromatic nitrogens is 2. The van der Waals surface area contributed by atoms with Crippen LogP contribution in [0.2, 0.25) is 0 Å². The van der Waals surface area contributed by atoms with Crippen LogP contribution in [0.15, 0.2) is 42.7 Å².